The Morgan fingerprint density at radius 1 is 1.12 bits per heavy atom. The van der Waals surface area contributed by atoms with Crippen molar-refractivity contribution in [2.45, 2.75) is 65.6 Å². The molecule has 8 heteroatoms. The van der Waals surface area contributed by atoms with Crippen LogP contribution in [-0.2, 0) is 4.74 Å². The number of fused-ring (bicyclic) bond motifs is 2. The van der Waals surface area contributed by atoms with E-state index >= 15 is 0 Å². The fourth-order valence-electron chi connectivity index (χ4n) is 4.66. The molecule has 3 heterocycles. The topological polar surface area (TPSA) is 99.8 Å². The van der Waals surface area contributed by atoms with Gasteiger partial charge in [0.05, 0.1) is 24.1 Å². The largest absolute Gasteiger partial charge is 0.507 e. The zero-order chi connectivity index (χ0) is 25.1. The number of ether oxygens (including phenoxy) is 1. The smallest absolute Gasteiger partial charge is 0.169 e. The predicted octanol–water partition coefficient (Wildman–Crippen LogP) is 3.76. The fourth-order valence-corrected chi connectivity index (χ4v) is 4.66. The van der Waals surface area contributed by atoms with Crippen LogP contribution in [0.2, 0.25) is 0 Å². The molecule has 0 radical (unpaired) electrons. The molecule has 2 saturated heterocycles. The van der Waals surface area contributed by atoms with Crippen LogP contribution >= 0.6 is 0 Å². The van der Waals surface area contributed by atoms with Crippen molar-refractivity contribution >= 4 is 11.5 Å². The normalized spacial score (nSPS) is 20.1. The van der Waals surface area contributed by atoms with Crippen LogP contribution in [0.25, 0.3) is 11.3 Å². The van der Waals surface area contributed by atoms with Crippen molar-refractivity contribution in [1.82, 2.24) is 20.4 Å². The molecule has 3 atom stereocenters. The highest BCUT2D eigenvalue weighted by Gasteiger charge is 2.41. The Kier molecular flexibility index (Phi) is 11.5. The average molecular weight is 473 g/mol. The molecule has 190 valence electrons. The molecule has 0 spiro atoms. The van der Waals surface area contributed by atoms with Crippen molar-refractivity contribution in [3.63, 3.8) is 0 Å². The monoisotopic (exact) mass is 472 g/mol. The predicted molar refractivity (Wildman–Crippen MR) is 141 cm³/mol. The van der Waals surface area contributed by atoms with Crippen LogP contribution < -0.4 is 16.0 Å². The first kappa shape index (κ1) is 27.8. The first-order chi connectivity index (χ1) is 16.6. The molecule has 8 nitrogen and oxygen atoms in total. The number of hydrogen-bond donors (Lipinski definition) is 3. The lowest BCUT2D eigenvalue weighted by molar-refractivity contribution is 0.0229. The van der Waals surface area contributed by atoms with E-state index in [1.54, 1.807) is 12.1 Å². The van der Waals surface area contributed by atoms with Gasteiger partial charge in [-0.3, -0.25) is 4.90 Å². The number of aromatic hydroxyl groups is 1. The van der Waals surface area contributed by atoms with Crippen LogP contribution in [0.1, 0.15) is 47.5 Å². The summed E-state index contributed by atoms with van der Waals surface area (Å²) >= 11 is 0. The highest BCUT2D eigenvalue weighted by atomic mass is 16.5. The first-order valence-electron chi connectivity index (χ1n) is 12.7. The third kappa shape index (κ3) is 6.81. The van der Waals surface area contributed by atoms with E-state index in [0.29, 0.717) is 29.2 Å². The molecule has 0 saturated carbocycles. The zero-order valence-corrected chi connectivity index (χ0v) is 21.8. The number of nitrogens with two attached hydrogens (primary N) is 1. The second-order valence-corrected chi connectivity index (χ2v) is 8.29. The number of piperazine rings is 1. The summed E-state index contributed by atoms with van der Waals surface area (Å²) in [7, 11) is 1.94. The maximum atomic E-state index is 10.2. The molecular formula is C26H44N6O2. The molecule has 2 unspecified atom stereocenters. The number of para-hydroxylation sites is 1. The minimum absolute atomic E-state index is 0.194. The van der Waals surface area contributed by atoms with Gasteiger partial charge in [-0.1, -0.05) is 39.8 Å². The molecule has 4 rings (SSSR count). The Balaban J connectivity index is 0.000000970. The molecule has 1 aromatic carbocycles. The summed E-state index contributed by atoms with van der Waals surface area (Å²) in [5.74, 6) is 0.630. The molecule has 2 fully saturated rings. The van der Waals surface area contributed by atoms with Gasteiger partial charge in [-0.25, -0.2) is 0 Å². The molecule has 0 aliphatic carbocycles. The summed E-state index contributed by atoms with van der Waals surface area (Å²) in [5.41, 5.74) is 8.42. The average Bonchev–Trinajstić information content (AvgIpc) is 3.08. The number of aromatic nitrogens is 2. The standard InChI is InChI=1S/C22H32N6O2.2C2H6/c1-15(30-10-9-24-2)12-28-16-7-8-17(28)14-27(13-16)20-11-19(25-26-22(20)23)18-5-3-4-6-21(18)29;2*1-2/h3-6,11,15-17,24,29H,7-10,12-14H2,1-2H3,(H2,23,26);2*1-2H3/t15-,16?,17?;;/m1../s1. The number of rotatable bonds is 8. The maximum absolute atomic E-state index is 10.2. The SMILES string of the molecule is CC.CC.CNCCO[C@H](C)CN1C2CCC1CN(c1cc(-c3ccccc3O)nnc1N)C2. The highest BCUT2D eigenvalue weighted by Crippen LogP contribution is 2.36. The van der Waals surface area contributed by atoms with Gasteiger partial charge in [-0.2, -0.15) is 0 Å². The van der Waals surface area contributed by atoms with E-state index in [4.69, 9.17) is 10.5 Å². The Hall–Kier alpha value is -2.42. The summed E-state index contributed by atoms with van der Waals surface area (Å²) in [6.45, 7) is 14.6. The summed E-state index contributed by atoms with van der Waals surface area (Å²) in [6, 6.07) is 10.1. The lowest BCUT2D eigenvalue weighted by Crippen LogP contribution is -2.55. The highest BCUT2D eigenvalue weighted by molar-refractivity contribution is 5.74. The van der Waals surface area contributed by atoms with Gasteiger partial charge in [0.2, 0.25) is 0 Å². The number of anilines is 2. The van der Waals surface area contributed by atoms with Crippen molar-refractivity contribution < 1.29 is 9.84 Å². The Labute approximate surface area is 205 Å². The third-order valence-corrected chi connectivity index (χ3v) is 6.18. The molecule has 34 heavy (non-hydrogen) atoms. The van der Waals surface area contributed by atoms with Gasteiger partial charge in [0.25, 0.3) is 0 Å². The minimum atomic E-state index is 0.194. The lowest BCUT2D eigenvalue weighted by atomic mass is 10.1. The number of hydrogen-bond acceptors (Lipinski definition) is 8. The van der Waals surface area contributed by atoms with Gasteiger partial charge in [0.1, 0.15) is 5.75 Å². The molecular weight excluding hydrogens is 428 g/mol. The molecule has 2 aliphatic rings. The van der Waals surface area contributed by atoms with Crippen molar-refractivity contribution in [3.05, 3.63) is 30.3 Å². The fraction of sp³-hybridized carbons (Fsp3) is 0.615. The minimum Gasteiger partial charge on any atom is -0.507 e. The van der Waals surface area contributed by atoms with Gasteiger partial charge in [-0.15, -0.1) is 10.2 Å². The number of benzene rings is 1. The number of phenols is 1. The Bertz CT molecular complexity index is 851. The van der Waals surface area contributed by atoms with Crippen LogP contribution in [0.15, 0.2) is 30.3 Å². The number of nitrogens with one attached hydrogen (secondary N) is 1. The van der Waals surface area contributed by atoms with Crippen LogP contribution in [0.3, 0.4) is 0 Å². The van der Waals surface area contributed by atoms with E-state index in [1.807, 2.05) is 52.9 Å². The number of nitrogens with zero attached hydrogens (tertiary/aromatic N) is 4. The number of likely N-dealkylation sites (N-methyl/N-ethyl adjacent to an activating group) is 1. The van der Waals surface area contributed by atoms with Crippen molar-refractivity contribution in [1.29, 1.82) is 0 Å². The van der Waals surface area contributed by atoms with Crippen LogP contribution in [0.5, 0.6) is 5.75 Å². The summed E-state index contributed by atoms with van der Waals surface area (Å²) in [6.07, 6.45) is 2.60. The van der Waals surface area contributed by atoms with E-state index in [1.165, 1.54) is 12.8 Å². The summed E-state index contributed by atoms with van der Waals surface area (Å²) in [5, 5.41) is 21.7. The zero-order valence-electron chi connectivity index (χ0n) is 21.8. The maximum Gasteiger partial charge on any atom is 0.169 e. The van der Waals surface area contributed by atoms with Gasteiger partial charge in [-0.05, 0) is 45.0 Å². The Morgan fingerprint density at radius 3 is 2.38 bits per heavy atom. The molecule has 2 aliphatic heterocycles. The second kappa shape index (κ2) is 14.1. The van der Waals surface area contributed by atoms with E-state index in [2.05, 4.69) is 32.2 Å². The third-order valence-electron chi connectivity index (χ3n) is 6.18. The Morgan fingerprint density at radius 2 is 1.76 bits per heavy atom. The van der Waals surface area contributed by atoms with Crippen molar-refractivity contribution in [2.24, 2.45) is 0 Å². The van der Waals surface area contributed by atoms with Crippen molar-refractivity contribution in [2.75, 3.05) is 50.5 Å². The molecule has 2 aromatic rings. The first-order valence-corrected chi connectivity index (χ1v) is 12.7. The molecule has 0 amide bonds. The molecule has 4 N–H and O–H groups in total. The van der Waals surface area contributed by atoms with Gasteiger partial charge in [0, 0.05) is 43.8 Å². The quantitative estimate of drug-likeness (QED) is 0.500. The van der Waals surface area contributed by atoms with E-state index in [-0.39, 0.29) is 11.9 Å². The van der Waals surface area contributed by atoms with Gasteiger partial charge >= 0.3 is 0 Å². The number of phenolic OH excluding ortho intramolecular Hbond substituents is 1. The lowest BCUT2D eigenvalue weighted by Gasteiger charge is -2.43. The van der Waals surface area contributed by atoms with Gasteiger partial charge < -0.3 is 25.8 Å². The molecule has 2 bridgehead atoms. The summed E-state index contributed by atoms with van der Waals surface area (Å²) < 4.78 is 5.94. The van der Waals surface area contributed by atoms with E-state index in [0.717, 1.165) is 38.5 Å². The van der Waals surface area contributed by atoms with E-state index < -0.39 is 0 Å². The van der Waals surface area contributed by atoms with Crippen LogP contribution in [0.4, 0.5) is 11.5 Å². The molecule has 1 aromatic heterocycles. The van der Waals surface area contributed by atoms with Crippen molar-refractivity contribution in [3.8, 4) is 17.0 Å². The van der Waals surface area contributed by atoms with Gasteiger partial charge in [0.15, 0.2) is 5.82 Å². The van der Waals surface area contributed by atoms with Crippen LogP contribution in [0, 0.1) is 0 Å². The van der Waals surface area contributed by atoms with Crippen LogP contribution in [-0.4, -0.2) is 78.2 Å². The second-order valence-electron chi connectivity index (χ2n) is 8.29. The number of nitrogen functional groups attached to an aromatic ring is 1. The summed E-state index contributed by atoms with van der Waals surface area (Å²) in [4.78, 5) is 4.94. The van der Waals surface area contributed by atoms with E-state index in [9.17, 15) is 5.11 Å².